The number of hydrogen-bond acceptors (Lipinski definition) is 3. The summed E-state index contributed by atoms with van der Waals surface area (Å²) in [6.45, 7) is 5.42. The van der Waals surface area contributed by atoms with Gasteiger partial charge in [-0.1, -0.05) is 48.5 Å². The van der Waals surface area contributed by atoms with E-state index in [2.05, 4.69) is 57.6 Å². The fraction of sp³-hybridized carbons (Fsp3) is 0.240. The molecule has 1 N–H and O–H groups in total. The van der Waals surface area contributed by atoms with E-state index in [9.17, 15) is 4.79 Å². The lowest BCUT2D eigenvalue weighted by atomic mass is 10.1. The molecule has 0 aromatic heterocycles. The van der Waals surface area contributed by atoms with Crippen molar-refractivity contribution in [1.82, 2.24) is 4.90 Å². The van der Waals surface area contributed by atoms with E-state index >= 15 is 0 Å². The summed E-state index contributed by atoms with van der Waals surface area (Å²) in [5, 5.41) is 2.96. The standard InChI is InChI=1S/C25H27N3O/c29-25(22-7-3-1-4-8-22)26-23-13-11-21(12-14-23)15-16-27-17-19-28(20-18-27)24-9-5-2-6-10-24/h1-14H,15-20H2,(H,26,29). The van der Waals surface area contributed by atoms with Gasteiger partial charge in [0.15, 0.2) is 0 Å². The molecule has 0 saturated carbocycles. The summed E-state index contributed by atoms with van der Waals surface area (Å²) in [6.07, 6.45) is 1.03. The first kappa shape index (κ1) is 19.2. The molecular weight excluding hydrogens is 358 g/mol. The average Bonchev–Trinajstić information content (AvgIpc) is 2.80. The molecule has 148 valence electrons. The number of hydrogen-bond donors (Lipinski definition) is 1. The van der Waals surface area contributed by atoms with Crippen LogP contribution in [0.15, 0.2) is 84.9 Å². The van der Waals surface area contributed by atoms with Crippen LogP contribution in [0.3, 0.4) is 0 Å². The van der Waals surface area contributed by atoms with Crippen LogP contribution < -0.4 is 10.2 Å². The molecule has 3 aromatic rings. The zero-order valence-electron chi connectivity index (χ0n) is 16.6. The molecule has 0 unspecified atom stereocenters. The number of nitrogens with zero attached hydrogens (tertiary/aromatic N) is 2. The van der Waals surface area contributed by atoms with E-state index in [1.54, 1.807) is 0 Å². The lowest BCUT2D eigenvalue weighted by molar-refractivity contribution is 0.102. The first-order valence-corrected chi connectivity index (χ1v) is 10.3. The van der Waals surface area contributed by atoms with Crippen molar-refractivity contribution in [3.63, 3.8) is 0 Å². The Labute approximate surface area is 172 Å². The molecule has 1 saturated heterocycles. The van der Waals surface area contributed by atoms with E-state index in [4.69, 9.17) is 0 Å². The first-order valence-electron chi connectivity index (χ1n) is 10.3. The van der Waals surface area contributed by atoms with Crippen molar-refractivity contribution in [1.29, 1.82) is 0 Å². The van der Waals surface area contributed by atoms with Crippen LogP contribution in [0, 0.1) is 0 Å². The Morgan fingerprint density at radius 3 is 2.03 bits per heavy atom. The van der Waals surface area contributed by atoms with E-state index in [0.29, 0.717) is 5.56 Å². The van der Waals surface area contributed by atoms with Gasteiger partial charge in [0.05, 0.1) is 0 Å². The second kappa shape index (κ2) is 9.39. The maximum absolute atomic E-state index is 12.2. The summed E-state index contributed by atoms with van der Waals surface area (Å²) in [4.78, 5) is 17.2. The number of para-hydroxylation sites is 1. The van der Waals surface area contributed by atoms with Gasteiger partial charge in [0, 0.05) is 49.7 Å². The Hall–Kier alpha value is -3.11. The Balaban J connectivity index is 1.23. The zero-order chi connectivity index (χ0) is 19.9. The SMILES string of the molecule is O=C(Nc1ccc(CCN2CCN(c3ccccc3)CC2)cc1)c1ccccc1. The molecule has 1 fully saturated rings. The number of carbonyl (C=O) groups is 1. The molecule has 1 heterocycles. The molecular formula is C25H27N3O. The highest BCUT2D eigenvalue weighted by molar-refractivity contribution is 6.04. The highest BCUT2D eigenvalue weighted by Crippen LogP contribution is 2.16. The van der Waals surface area contributed by atoms with Gasteiger partial charge in [-0.15, -0.1) is 0 Å². The van der Waals surface area contributed by atoms with Crippen LogP contribution in [0.1, 0.15) is 15.9 Å². The van der Waals surface area contributed by atoms with Crippen molar-refractivity contribution in [2.45, 2.75) is 6.42 Å². The number of benzene rings is 3. The maximum atomic E-state index is 12.2. The van der Waals surface area contributed by atoms with Crippen LogP contribution in [0.25, 0.3) is 0 Å². The third-order valence-corrected chi connectivity index (χ3v) is 5.46. The minimum Gasteiger partial charge on any atom is -0.369 e. The van der Waals surface area contributed by atoms with Gasteiger partial charge in [0.2, 0.25) is 0 Å². The summed E-state index contributed by atoms with van der Waals surface area (Å²) >= 11 is 0. The van der Waals surface area contributed by atoms with E-state index in [-0.39, 0.29) is 5.91 Å². The normalized spacial score (nSPS) is 14.6. The van der Waals surface area contributed by atoms with E-state index in [1.807, 2.05) is 42.5 Å². The van der Waals surface area contributed by atoms with Crippen LogP contribution in [0.4, 0.5) is 11.4 Å². The highest BCUT2D eigenvalue weighted by Gasteiger charge is 2.16. The lowest BCUT2D eigenvalue weighted by Gasteiger charge is -2.36. The number of amides is 1. The number of nitrogens with one attached hydrogen (secondary N) is 1. The van der Waals surface area contributed by atoms with Crippen LogP contribution >= 0.6 is 0 Å². The molecule has 0 spiro atoms. The van der Waals surface area contributed by atoms with Crippen LogP contribution in [-0.4, -0.2) is 43.5 Å². The fourth-order valence-electron chi connectivity index (χ4n) is 3.70. The molecule has 3 aromatic carbocycles. The predicted octanol–water partition coefficient (Wildman–Crippen LogP) is 4.30. The van der Waals surface area contributed by atoms with Crippen LogP contribution in [-0.2, 0) is 6.42 Å². The molecule has 4 nitrogen and oxygen atoms in total. The third kappa shape index (κ3) is 5.24. The van der Waals surface area contributed by atoms with Crippen molar-refractivity contribution in [3.05, 3.63) is 96.1 Å². The first-order chi connectivity index (χ1) is 14.3. The smallest absolute Gasteiger partial charge is 0.255 e. The zero-order valence-corrected chi connectivity index (χ0v) is 16.6. The lowest BCUT2D eigenvalue weighted by Crippen LogP contribution is -2.46. The van der Waals surface area contributed by atoms with Crippen LogP contribution in [0.2, 0.25) is 0 Å². The van der Waals surface area contributed by atoms with E-state index in [0.717, 1.165) is 44.8 Å². The summed E-state index contributed by atoms with van der Waals surface area (Å²) < 4.78 is 0. The highest BCUT2D eigenvalue weighted by atomic mass is 16.1. The van der Waals surface area contributed by atoms with Crippen molar-refractivity contribution < 1.29 is 4.79 Å². The molecule has 1 amide bonds. The predicted molar refractivity (Wildman–Crippen MR) is 120 cm³/mol. The number of anilines is 2. The second-order valence-corrected chi connectivity index (χ2v) is 7.43. The van der Waals surface area contributed by atoms with Gasteiger partial charge in [0.25, 0.3) is 5.91 Å². The van der Waals surface area contributed by atoms with Crippen molar-refractivity contribution in [2.24, 2.45) is 0 Å². The summed E-state index contributed by atoms with van der Waals surface area (Å²) in [7, 11) is 0. The van der Waals surface area contributed by atoms with Gasteiger partial charge in [-0.3, -0.25) is 9.69 Å². The van der Waals surface area contributed by atoms with Crippen molar-refractivity contribution in [3.8, 4) is 0 Å². The topological polar surface area (TPSA) is 35.6 Å². The number of rotatable bonds is 6. The van der Waals surface area contributed by atoms with E-state index < -0.39 is 0 Å². The molecule has 0 bridgehead atoms. The summed E-state index contributed by atoms with van der Waals surface area (Å²) in [5.41, 5.74) is 4.12. The second-order valence-electron chi connectivity index (χ2n) is 7.43. The Bertz CT molecular complexity index is 902. The molecule has 4 heteroatoms. The largest absolute Gasteiger partial charge is 0.369 e. The molecule has 1 aliphatic heterocycles. The molecule has 29 heavy (non-hydrogen) atoms. The molecule has 0 atom stereocenters. The number of piperazine rings is 1. The van der Waals surface area contributed by atoms with Gasteiger partial charge in [-0.2, -0.15) is 0 Å². The average molecular weight is 386 g/mol. The molecule has 4 rings (SSSR count). The van der Waals surface area contributed by atoms with Gasteiger partial charge < -0.3 is 10.2 Å². The maximum Gasteiger partial charge on any atom is 0.255 e. The van der Waals surface area contributed by atoms with Crippen LogP contribution in [0.5, 0.6) is 0 Å². The Morgan fingerprint density at radius 2 is 1.38 bits per heavy atom. The number of carbonyl (C=O) groups excluding carboxylic acids is 1. The minimum absolute atomic E-state index is 0.0744. The van der Waals surface area contributed by atoms with Gasteiger partial charge in [0.1, 0.15) is 0 Å². The third-order valence-electron chi connectivity index (χ3n) is 5.46. The fourth-order valence-corrected chi connectivity index (χ4v) is 3.70. The summed E-state index contributed by atoms with van der Waals surface area (Å²) in [5.74, 6) is -0.0744. The minimum atomic E-state index is -0.0744. The van der Waals surface area contributed by atoms with Gasteiger partial charge in [-0.05, 0) is 48.4 Å². The Kier molecular flexibility index (Phi) is 6.22. The molecule has 1 aliphatic rings. The summed E-state index contributed by atoms with van der Waals surface area (Å²) in [6, 6.07) is 28.2. The van der Waals surface area contributed by atoms with E-state index in [1.165, 1.54) is 11.3 Å². The molecule has 0 aliphatic carbocycles. The van der Waals surface area contributed by atoms with Crippen molar-refractivity contribution >= 4 is 17.3 Å². The van der Waals surface area contributed by atoms with Gasteiger partial charge >= 0.3 is 0 Å². The Morgan fingerprint density at radius 1 is 0.759 bits per heavy atom. The van der Waals surface area contributed by atoms with Gasteiger partial charge in [-0.25, -0.2) is 0 Å². The monoisotopic (exact) mass is 385 g/mol. The quantitative estimate of drug-likeness (QED) is 0.687. The van der Waals surface area contributed by atoms with Crippen molar-refractivity contribution in [2.75, 3.05) is 42.9 Å². The molecule has 0 radical (unpaired) electrons.